The zero-order valence-corrected chi connectivity index (χ0v) is 12.2. The molecule has 2 amide bonds. The van der Waals surface area contributed by atoms with Crippen molar-refractivity contribution in [1.82, 2.24) is 0 Å². The molecular formula is C15H23N3O2. The first-order chi connectivity index (χ1) is 9.52. The van der Waals surface area contributed by atoms with Crippen LogP contribution in [-0.2, 0) is 9.59 Å². The minimum Gasteiger partial charge on any atom is -0.330 e. The average molecular weight is 277 g/mol. The molecule has 1 rings (SSSR count). The van der Waals surface area contributed by atoms with Crippen molar-refractivity contribution in [3.05, 3.63) is 23.8 Å². The van der Waals surface area contributed by atoms with Gasteiger partial charge in [-0.05, 0) is 44.0 Å². The zero-order chi connectivity index (χ0) is 15.0. The van der Waals surface area contributed by atoms with Crippen molar-refractivity contribution in [1.29, 1.82) is 0 Å². The summed E-state index contributed by atoms with van der Waals surface area (Å²) in [5.74, 6) is -0.141. The maximum Gasteiger partial charge on any atom is 0.224 e. The highest BCUT2D eigenvalue weighted by Crippen LogP contribution is 2.20. The van der Waals surface area contributed by atoms with Crippen molar-refractivity contribution in [2.24, 2.45) is 5.73 Å². The largest absolute Gasteiger partial charge is 0.330 e. The van der Waals surface area contributed by atoms with Crippen LogP contribution in [-0.4, -0.2) is 18.4 Å². The Kier molecular flexibility index (Phi) is 6.73. The number of nitrogens with one attached hydrogen (secondary N) is 2. The molecule has 1 aromatic carbocycles. The van der Waals surface area contributed by atoms with Crippen LogP contribution >= 0.6 is 0 Å². The van der Waals surface area contributed by atoms with Gasteiger partial charge in [-0.25, -0.2) is 0 Å². The number of carbonyl (C=O) groups is 2. The minimum atomic E-state index is -0.132. The quantitative estimate of drug-likeness (QED) is 0.669. The summed E-state index contributed by atoms with van der Waals surface area (Å²) in [7, 11) is 0. The first-order valence-electron chi connectivity index (χ1n) is 6.91. The number of aryl methyl sites for hydroxylation is 1. The molecule has 0 aliphatic carbocycles. The minimum absolute atomic E-state index is 0.00917. The van der Waals surface area contributed by atoms with E-state index in [1.807, 2.05) is 19.1 Å². The standard InChI is InChI=1S/C15H23N3O2/c1-11-7-8-13(17-12(2)19)10-14(11)18-15(20)6-4-3-5-9-16/h7-8,10H,3-6,9,16H2,1-2H3,(H,17,19)(H,18,20). The molecule has 0 saturated heterocycles. The highest BCUT2D eigenvalue weighted by atomic mass is 16.2. The molecule has 0 aromatic heterocycles. The van der Waals surface area contributed by atoms with Gasteiger partial charge in [-0.1, -0.05) is 12.5 Å². The Hall–Kier alpha value is -1.88. The Balaban J connectivity index is 2.57. The summed E-state index contributed by atoms with van der Waals surface area (Å²) in [5.41, 5.74) is 7.80. The number of benzene rings is 1. The topological polar surface area (TPSA) is 84.2 Å². The average Bonchev–Trinajstić information content (AvgIpc) is 2.38. The molecule has 5 nitrogen and oxygen atoms in total. The summed E-state index contributed by atoms with van der Waals surface area (Å²) in [5, 5.41) is 5.58. The van der Waals surface area contributed by atoms with Gasteiger partial charge in [0.15, 0.2) is 0 Å². The smallest absolute Gasteiger partial charge is 0.224 e. The second-order valence-electron chi connectivity index (χ2n) is 4.86. The molecule has 0 spiro atoms. The van der Waals surface area contributed by atoms with E-state index >= 15 is 0 Å². The van der Waals surface area contributed by atoms with E-state index in [9.17, 15) is 9.59 Å². The third-order valence-corrected chi connectivity index (χ3v) is 2.94. The van der Waals surface area contributed by atoms with Crippen LogP contribution in [0.1, 0.15) is 38.2 Å². The van der Waals surface area contributed by atoms with Gasteiger partial charge in [0.25, 0.3) is 0 Å². The van der Waals surface area contributed by atoms with Gasteiger partial charge in [0.2, 0.25) is 11.8 Å². The van der Waals surface area contributed by atoms with Gasteiger partial charge in [0.1, 0.15) is 0 Å². The van der Waals surface area contributed by atoms with Crippen LogP contribution in [0.2, 0.25) is 0 Å². The fourth-order valence-corrected chi connectivity index (χ4v) is 1.86. The number of amides is 2. The summed E-state index contributed by atoms with van der Waals surface area (Å²) < 4.78 is 0. The zero-order valence-electron chi connectivity index (χ0n) is 12.2. The van der Waals surface area contributed by atoms with Crippen LogP contribution in [0.3, 0.4) is 0 Å². The van der Waals surface area contributed by atoms with E-state index in [4.69, 9.17) is 5.73 Å². The van der Waals surface area contributed by atoms with E-state index in [0.29, 0.717) is 18.7 Å². The molecule has 5 heteroatoms. The molecule has 0 saturated carbocycles. The van der Waals surface area contributed by atoms with Crippen LogP contribution in [0.15, 0.2) is 18.2 Å². The van der Waals surface area contributed by atoms with Gasteiger partial charge in [0.05, 0.1) is 0 Å². The van der Waals surface area contributed by atoms with Gasteiger partial charge >= 0.3 is 0 Å². The summed E-state index contributed by atoms with van der Waals surface area (Å²) in [4.78, 5) is 22.9. The van der Waals surface area contributed by atoms with E-state index in [1.54, 1.807) is 6.07 Å². The van der Waals surface area contributed by atoms with Crippen LogP contribution < -0.4 is 16.4 Å². The third-order valence-electron chi connectivity index (χ3n) is 2.94. The molecule has 0 aliphatic rings. The van der Waals surface area contributed by atoms with Crippen molar-refractivity contribution >= 4 is 23.2 Å². The number of rotatable bonds is 7. The molecule has 0 fully saturated rings. The molecular weight excluding hydrogens is 254 g/mol. The molecule has 0 bridgehead atoms. The second kappa shape index (κ2) is 8.32. The lowest BCUT2D eigenvalue weighted by atomic mass is 10.1. The molecule has 0 radical (unpaired) electrons. The highest BCUT2D eigenvalue weighted by molar-refractivity contribution is 5.94. The lowest BCUT2D eigenvalue weighted by molar-refractivity contribution is -0.116. The van der Waals surface area contributed by atoms with E-state index in [1.165, 1.54) is 6.92 Å². The predicted molar refractivity (Wildman–Crippen MR) is 81.6 cm³/mol. The van der Waals surface area contributed by atoms with Crippen molar-refractivity contribution < 1.29 is 9.59 Å². The van der Waals surface area contributed by atoms with Gasteiger partial charge in [-0.15, -0.1) is 0 Å². The number of unbranched alkanes of at least 4 members (excludes halogenated alkanes) is 2. The fraction of sp³-hybridized carbons (Fsp3) is 0.467. The number of nitrogens with two attached hydrogens (primary N) is 1. The molecule has 0 aliphatic heterocycles. The normalized spacial score (nSPS) is 10.2. The second-order valence-corrected chi connectivity index (χ2v) is 4.86. The van der Waals surface area contributed by atoms with Crippen LogP contribution in [0.4, 0.5) is 11.4 Å². The van der Waals surface area contributed by atoms with E-state index in [-0.39, 0.29) is 11.8 Å². The lowest BCUT2D eigenvalue weighted by Gasteiger charge is -2.11. The number of hydrogen-bond donors (Lipinski definition) is 3. The molecule has 0 atom stereocenters. The maximum absolute atomic E-state index is 11.8. The molecule has 1 aromatic rings. The molecule has 0 heterocycles. The van der Waals surface area contributed by atoms with Gasteiger partial charge in [-0.2, -0.15) is 0 Å². The van der Waals surface area contributed by atoms with E-state index < -0.39 is 0 Å². The van der Waals surface area contributed by atoms with E-state index in [0.717, 1.165) is 30.5 Å². The predicted octanol–water partition coefficient (Wildman–Crippen LogP) is 2.41. The summed E-state index contributed by atoms with van der Waals surface area (Å²) in [6, 6.07) is 5.46. The van der Waals surface area contributed by atoms with Gasteiger partial charge in [0, 0.05) is 24.7 Å². The summed E-state index contributed by atoms with van der Waals surface area (Å²) >= 11 is 0. The monoisotopic (exact) mass is 277 g/mol. The van der Waals surface area contributed by atoms with Crippen molar-refractivity contribution in [2.75, 3.05) is 17.2 Å². The number of anilines is 2. The Morgan fingerprint density at radius 3 is 2.55 bits per heavy atom. The molecule has 20 heavy (non-hydrogen) atoms. The van der Waals surface area contributed by atoms with Gasteiger partial charge in [-0.3, -0.25) is 9.59 Å². The summed E-state index contributed by atoms with van der Waals surface area (Å²) in [6.45, 7) is 4.04. The Morgan fingerprint density at radius 2 is 1.90 bits per heavy atom. The van der Waals surface area contributed by atoms with Crippen LogP contribution in [0, 0.1) is 6.92 Å². The van der Waals surface area contributed by atoms with Crippen molar-refractivity contribution in [3.8, 4) is 0 Å². The Labute approximate surface area is 119 Å². The first-order valence-corrected chi connectivity index (χ1v) is 6.91. The molecule has 110 valence electrons. The SMILES string of the molecule is CC(=O)Nc1ccc(C)c(NC(=O)CCCCCN)c1. The fourth-order valence-electron chi connectivity index (χ4n) is 1.86. The van der Waals surface area contributed by atoms with Crippen molar-refractivity contribution in [3.63, 3.8) is 0 Å². The highest BCUT2D eigenvalue weighted by Gasteiger charge is 2.06. The lowest BCUT2D eigenvalue weighted by Crippen LogP contribution is -2.13. The Morgan fingerprint density at radius 1 is 1.15 bits per heavy atom. The Bertz CT molecular complexity index is 472. The van der Waals surface area contributed by atoms with E-state index in [2.05, 4.69) is 10.6 Å². The molecule has 0 unspecified atom stereocenters. The van der Waals surface area contributed by atoms with Crippen LogP contribution in [0.25, 0.3) is 0 Å². The van der Waals surface area contributed by atoms with Crippen molar-refractivity contribution in [2.45, 2.75) is 39.5 Å². The maximum atomic E-state index is 11.8. The summed E-state index contributed by atoms with van der Waals surface area (Å²) in [6.07, 6.45) is 3.25. The van der Waals surface area contributed by atoms with Gasteiger partial charge < -0.3 is 16.4 Å². The first kappa shape index (κ1) is 16.2. The number of carbonyl (C=O) groups excluding carboxylic acids is 2. The van der Waals surface area contributed by atoms with Crippen LogP contribution in [0.5, 0.6) is 0 Å². The third kappa shape index (κ3) is 5.84. The molecule has 4 N–H and O–H groups in total. The number of hydrogen-bond acceptors (Lipinski definition) is 3.